The van der Waals surface area contributed by atoms with Crippen LogP contribution in [0.3, 0.4) is 0 Å². The first-order valence-corrected chi connectivity index (χ1v) is 10.3. The van der Waals surface area contributed by atoms with Crippen LogP contribution >= 0.6 is 0 Å². The molecular weight excluding hydrogens is 340 g/mol. The largest absolute Gasteiger partial charge is 0.362 e. The molecule has 4 rings (SSSR count). The highest BCUT2D eigenvalue weighted by atomic mass is 16.5. The van der Waals surface area contributed by atoms with E-state index in [1.54, 1.807) is 0 Å². The zero-order chi connectivity index (χ0) is 19.0. The molecule has 3 aliphatic rings. The summed E-state index contributed by atoms with van der Waals surface area (Å²) < 4.78 is 6.31. The first kappa shape index (κ1) is 18.5. The molecule has 1 unspecified atom stereocenters. The number of hydrogen-bond acceptors (Lipinski definition) is 3. The second-order valence-electron chi connectivity index (χ2n) is 8.53. The Bertz CT molecular complexity index is 711. The number of piperidine rings is 1. The minimum Gasteiger partial charge on any atom is -0.362 e. The number of nitrogens with zero attached hydrogens (tertiary/aromatic N) is 2. The van der Waals surface area contributed by atoms with Gasteiger partial charge in [0, 0.05) is 31.7 Å². The molecule has 3 saturated heterocycles. The standard InChI is InChI=1S/C22H30N2O3/c1-16-13-17(2)15-18(14-16)20(25)24-11-7-22(8-12-24)6-5-19(27-22)21(26)23-9-3-4-10-23/h13-15,19H,3-12H2,1-2H3. The SMILES string of the molecule is Cc1cc(C)cc(C(=O)N2CCC3(CCC(C(=O)N4CCCC4)O3)CC2)c1. The fraction of sp³-hybridized carbons (Fsp3) is 0.636. The number of benzene rings is 1. The van der Waals surface area contributed by atoms with Gasteiger partial charge in [-0.3, -0.25) is 9.59 Å². The number of ether oxygens (including phenoxy) is 1. The van der Waals surface area contributed by atoms with Crippen molar-refractivity contribution in [1.82, 2.24) is 9.80 Å². The summed E-state index contributed by atoms with van der Waals surface area (Å²) in [5.41, 5.74) is 2.81. The number of likely N-dealkylation sites (tertiary alicyclic amines) is 2. The first-order chi connectivity index (χ1) is 13.0. The fourth-order valence-electron chi connectivity index (χ4n) is 4.89. The summed E-state index contributed by atoms with van der Waals surface area (Å²) in [6.07, 6.45) is 5.35. The Morgan fingerprint density at radius 1 is 0.926 bits per heavy atom. The normalized spacial score (nSPS) is 24.6. The maximum absolute atomic E-state index is 12.9. The zero-order valence-electron chi connectivity index (χ0n) is 16.5. The molecule has 1 aromatic carbocycles. The van der Waals surface area contributed by atoms with E-state index in [0.717, 1.165) is 68.3 Å². The van der Waals surface area contributed by atoms with E-state index in [1.807, 2.05) is 35.8 Å². The van der Waals surface area contributed by atoms with E-state index in [0.29, 0.717) is 13.1 Å². The van der Waals surface area contributed by atoms with Crippen molar-refractivity contribution >= 4 is 11.8 Å². The number of carbonyl (C=O) groups excluding carboxylic acids is 2. The first-order valence-electron chi connectivity index (χ1n) is 10.3. The summed E-state index contributed by atoms with van der Waals surface area (Å²) in [6, 6.07) is 6.03. The maximum atomic E-state index is 12.9. The van der Waals surface area contributed by atoms with Gasteiger partial charge >= 0.3 is 0 Å². The highest BCUT2D eigenvalue weighted by Gasteiger charge is 2.46. The Kier molecular flexibility index (Phi) is 4.97. The molecule has 0 radical (unpaired) electrons. The quantitative estimate of drug-likeness (QED) is 0.804. The van der Waals surface area contributed by atoms with Crippen molar-refractivity contribution in [2.45, 2.75) is 64.1 Å². The molecular formula is C22H30N2O3. The van der Waals surface area contributed by atoms with Gasteiger partial charge in [-0.05, 0) is 64.5 Å². The van der Waals surface area contributed by atoms with Crippen LogP contribution in [0.2, 0.25) is 0 Å². The lowest BCUT2D eigenvalue weighted by Gasteiger charge is -2.39. The van der Waals surface area contributed by atoms with Crippen molar-refractivity contribution < 1.29 is 14.3 Å². The van der Waals surface area contributed by atoms with Crippen LogP contribution in [0.4, 0.5) is 0 Å². The zero-order valence-corrected chi connectivity index (χ0v) is 16.5. The van der Waals surface area contributed by atoms with Crippen LogP contribution in [-0.2, 0) is 9.53 Å². The topological polar surface area (TPSA) is 49.9 Å². The van der Waals surface area contributed by atoms with Crippen LogP contribution in [0, 0.1) is 13.8 Å². The Labute approximate surface area is 161 Å². The second kappa shape index (κ2) is 7.27. The molecule has 1 aromatic rings. The highest BCUT2D eigenvalue weighted by Crippen LogP contribution is 2.40. The smallest absolute Gasteiger partial charge is 0.253 e. The average Bonchev–Trinajstić information content (AvgIpc) is 3.31. The minimum atomic E-state index is -0.273. The van der Waals surface area contributed by atoms with Crippen LogP contribution in [0.25, 0.3) is 0 Å². The van der Waals surface area contributed by atoms with Crippen LogP contribution in [0.1, 0.15) is 60.0 Å². The van der Waals surface area contributed by atoms with Crippen molar-refractivity contribution in [3.8, 4) is 0 Å². The van der Waals surface area contributed by atoms with E-state index in [2.05, 4.69) is 6.07 Å². The molecule has 0 aromatic heterocycles. The van der Waals surface area contributed by atoms with Gasteiger partial charge in [0.05, 0.1) is 5.60 Å². The Morgan fingerprint density at radius 3 is 2.19 bits per heavy atom. The summed E-state index contributed by atoms with van der Waals surface area (Å²) in [6.45, 7) is 7.22. The van der Waals surface area contributed by atoms with Crippen molar-refractivity contribution in [3.63, 3.8) is 0 Å². The molecule has 27 heavy (non-hydrogen) atoms. The number of amides is 2. The van der Waals surface area contributed by atoms with Gasteiger partial charge in [-0.2, -0.15) is 0 Å². The lowest BCUT2D eigenvalue weighted by Crippen LogP contribution is -2.47. The van der Waals surface area contributed by atoms with Gasteiger partial charge in [-0.1, -0.05) is 17.2 Å². The molecule has 0 N–H and O–H groups in total. The molecule has 3 heterocycles. The second-order valence-corrected chi connectivity index (χ2v) is 8.53. The minimum absolute atomic E-state index is 0.111. The molecule has 0 aliphatic carbocycles. The van der Waals surface area contributed by atoms with Crippen molar-refractivity contribution in [2.75, 3.05) is 26.2 Å². The number of hydrogen-bond donors (Lipinski definition) is 0. The summed E-state index contributed by atoms with van der Waals surface area (Å²) in [5, 5.41) is 0. The van der Waals surface area contributed by atoms with Gasteiger partial charge in [0.25, 0.3) is 11.8 Å². The molecule has 0 bridgehead atoms. The molecule has 5 heteroatoms. The number of aryl methyl sites for hydroxylation is 2. The van der Waals surface area contributed by atoms with E-state index in [1.165, 1.54) is 0 Å². The third-order valence-electron chi connectivity index (χ3n) is 6.38. The predicted molar refractivity (Wildman–Crippen MR) is 104 cm³/mol. The van der Waals surface area contributed by atoms with Crippen molar-refractivity contribution in [1.29, 1.82) is 0 Å². The lowest BCUT2D eigenvalue weighted by atomic mass is 9.88. The van der Waals surface area contributed by atoms with E-state index in [9.17, 15) is 9.59 Å². The molecule has 3 fully saturated rings. The highest BCUT2D eigenvalue weighted by molar-refractivity contribution is 5.94. The number of rotatable bonds is 2. The van der Waals surface area contributed by atoms with E-state index in [-0.39, 0.29) is 23.5 Å². The third kappa shape index (κ3) is 3.75. The molecule has 2 amide bonds. The van der Waals surface area contributed by atoms with Crippen LogP contribution in [-0.4, -0.2) is 59.5 Å². The van der Waals surface area contributed by atoms with E-state index in [4.69, 9.17) is 4.74 Å². The Morgan fingerprint density at radius 2 is 1.56 bits per heavy atom. The monoisotopic (exact) mass is 370 g/mol. The summed E-state index contributed by atoms with van der Waals surface area (Å²) in [4.78, 5) is 29.4. The Hall–Kier alpha value is -1.88. The molecule has 0 saturated carbocycles. The summed E-state index contributed by atoms with van der Waals surface area (Å²) in [7, 11) is 0. The van der Waals surface area contributed by atoms with Crippen LogP contribution in [0.5, 0.6) is 0 Å². The molecule has 146 valence electrons. The van der Waals surface area contributed by atoms with E-state index < -0.39 is 0 Å². The van der Waals surface area contributed by atoms with Gasteiger partial charge in [0.15, 0.2) is 0 Å². The van der Waals surface area contributed by atoms with Crippen LogP contribution in [0.15, 0.2) is 18.2 Å². The van der Waals surface area contributed by atoms with Crippen molar-refractivity contribution in [3.05, 3.63) is 34.9 Å². The van der Waals surface area contributed by atoms with Crippen LogP contribution < -0.4 is 0 Å². The predicted octanol–water partition coefficient (Wildman–Crippen LogP) is 3.08. The van der Waals surface area contributed by atoms with Gasteiger partial charge in [0.2, 0.25) is 0 Å². The summed E-state index contributed by atoms with van der Waals surface area (Å²) >= 11 is 0. The molecule has 3 aliphatic heterocycles. The van der Waals surface area contributed by atoms with E-state index >= 15 is 0 Å². The van der Waals surface area contributed by atoms with Gasteiger partial charge < -0.3 is 14.5 Å². The van der Waals surface area contributed by atoms with Gasteiger partial charge in [-0.25, -0.2) is 0 Å². The summed E-state index contributed by atoms with van der Waals surface area (Å²) in [5.74, 6) is 0.289. The van der Waals surface area contributed by atoms with Gasteiger partial charge in [-0.15, -0.1) is 0 Å². The average molecular weight is 370 g/mol. The maximum Gasteiger partial charge on any atom is 0.253 e. The number of carbonyl (C=O) groups is 2. The third-order valence-corrected chi connectivity index (χ3v) is 6.38. The van der Waals surface area contributed by atoms with Crippen molar-refractivity contribution in [2.24, 2.45) is 0 Å². The fourth-order valence-corrected chi connectivity index (χ4v) is 4.89. The van der Waals surface area contributed by atoms with Gasteiger partial charge in [0.1, 0.15) is 6.10 Å². The molecule has 1 atom stereocenters. The molecule has 5 nitrogen and oxygen atoms in total. The molecule has 1 spiro atoms. The lowest BCUT2D eigenvalue weighted by molar-refractivity contribution is -0.149. The Balaban J connectivity index is 1.36.